The molecule has 1 atom stereocenters. The number of halogens is 2. The summed E-state index contributed by atoms with van der Waals surface area (Å²) in [6, 6.07) is 4.65. The smallest absolute Gasteiger partial charge is 0.144 e. The summed E-state index contributed by atoms with van der Waals surface area (Å²) >= 11 is 3.22. The van der Waals surface area contributed by atoms with E-state index in [0.29, 0.717) is 10.0 Å². The van der Waals surface area contributed by atoms with Crippen molar-refractivity contribution in [2.24, 2.45) is 4.40 Å². The van der Waals surface area contributed by atoms with E-state index in [1.165, 1.54) is 12.3 Å². The molecule has 0 bridgehead atoms. The van der Waals surface area contributed by atoms with Gasteiger partial charge in [-0.1, -0.05) is 22.0 Å². The second kappa shape index (κ2) is 5.19. The van der Waals surface area contributed by atoms with Crippen LogP contribution in [0.1, 0.15) is 26.3 Å². The number of hydrogen-bond acceptors (Lipinski definition) is 1. The van der Waals surface area contributed by atoms with Crippen molar-refractivity contribution < 1.29 is 8.60 Å². The van der Waals surface area contributed by atoms with Crippen LogP contribution in [0.4, 0.5) is 4.39 Å². The first-order chi connectivity index (χ1) is 7.32. The lowest BCUT2D eigenvalue weighted by atomic mass is 10.2. The Morgan fingerprint density at radius 3 is 2.56 bits per heavy atom. The average molecular weight is 306 g/mol. The Morgan fingerprint density at radius 1 is 1.44 bits per heavy atom. The number of nitrogens with zero attached hydrogens (tertiary/aromatic N) is 1. The van der Waals surface area contributed by atoms with E-state index < -0.39 is 15.7 Å². The molecule has 0 N–H and O–H groups in total. The largest absolute Gasteiger partial charge is 0.234 e. The zero-order valence-electron chi connectivity index (χ0n) is 9.33. The molecule has 0 saturated heterocycles. The summed E-state index contributed by atoms with van der Waals surface area (Å²) in [5, 5.41) is 0. The maximum absolute atomic E-state index is 13.4. The van der Waals surface area contributed by atoms with Gasteiger partial charge >= 0.3 is 0 Å². The molecule has 0 spiro atoms. The van der Waals surface area contributed by atoms with Crippen molar-refractivity contribution >= 4 is 33.1 Å². The van der Waals surface area contributed by atoms with Crippen molar-refractivity contribution in [3.8, 4) is 0 Å². The van der Waals surface area contributed by atoms with Gasteiger partial charge in [0, 0.05) is 16.3 Å². The van der Waals surface area contributed by atoms with Crippen LogP contribution in [0.3, 0.4) is 0 Å². The fourth-order valence-corrected chi connectivity index (χ4v) is 1.85. The molecule has 0 unspecified atom stereocenters. The maximum Gasteiger partial charge on any atom is 0.144 e. The van der Waals surface area contributed by atoms with Gasteiger partial charge in [0.05, 0.1) is 4.75 Å². The minimum absolute atomic E-state index is 0.320. The summed E-state index contributed by atoms with van der Waals surface area (Å²) < 4.78 is 29.0. The lowest BCUT2D eigenvalue weighted by molar-refractivity contribution is 0.625. The molecular formula is C11H13BrFNOS. The zero-order chi connectivity index (χ0) is 12.3. The Labute approximate surface area is 106 Å². The fourth-order valence-electron chi connectivity index (χ4n) is 0.893. The topological polar surface area (TPSA) is 29.4 Å². The standard InChI is InChI=1S/C11H13BrFNOS/c1-11(2,3)16(15)14-7-8-9(12)5-4-6-10(8)13/h4-7H,1-3H3/b14-7+/t16-/m0/s1. The molecule has 1 aromatic rings. The molecule has 1 aromatic carbocycles. The molecular weight excluding hydrogens is 293 g/mol. The van der Waals surface area contributed by atoms with Crippen LogP contribution in [0.5, 0.6) is 0 Å². The van der Waals surface area contributed by atoms with Crippen LogP contribution in [0, 0.1) is 5.82 Å². The van der Waals surface area contributed by atoms with E-state index in [1.54, 1.807) is 12.1 Å². The third kappa shape index (κ3) is 3.49. The number of rotatable bonds is 2. The molecule has 16 heavy (non-hydrogen) atoms. The van der Waals surface area contributed by atoms with E-state index in [4.69, 9.17) is 0 Å². The molecule has 0 saturated carbocycles. The molecule has 0 fully saturated rings. The molecule has 0 heterocycles. The van der Waals surface area contributed by atoms with Gasteiger partial charge in [-0.15, -0.1) is 0 Å². The van der Waals surface area contributed by atoms with Gasteiger partial charge < -0.3 is 0 Å². The second-order valence-corrected chi connectivity index (χ2v) is 7.02. The first-order valence-electron chi connectivity index (χ1n) is 4.72. The van der Waals surface area contributed by atoms with Gasteiger partial charge in [-0.2, -0.15) is 4.40 Å². The van der Waals surface area contributed by atoms with E-state index in [-0.39, 0.29) is 5.82 Å². The molecule has 2 nitrogen and oxygen atoms in total. The van der Waals surface area contributed by atoms with Crippen molar-refractivity contribution in [1.82, 2.24) is 0 Å². The minimum atomic E-state index is -1.37. The Bertz CT molecular complexity index is 420. The lowest BCUT2D eigenvalue weighted by Crippen LogP contribution is -2.19. The van der Waals surface area contributed by atoms with E-state index >= 15 is 0 Å². The summed E-state index contributed by atoms with van der Waals surface area (Å²) in [6.07, 6.45) is 1.31. The van der Waals surface area contributed by atoms with E-state index in [9.17, 15) is 8.60 Å². The molecule has 0 aliphatic heterocycles. The summed E-state index contributed by atoms with van der Waals surface area (Å²) in [5.74, 6) is -0.385. The van der Waals surface area contributed by atoms with Crippen LogP contribution in [0.25, 0.3) is 0 Å². The van der Waals surface area contributed by atoms with Crippen LogP contribution >= 0.6 is 15.9 Å². The second-order valence-electron chi connectivity index (χ2n) is 4.23. The van der Waals surface area contributed by atoms with Crippen LogP contribution in [-0.4, -0.2) is 15.2 Å². The van der Waals surface area contributed by atoms with Crippen LogP contribution < -0.4 is 0 Å². The molecule has 0 amide bonds. The van der Waals surface area contributed by atoms with Crippen molar-refractivity contribution in [2.75, 3.05) is 0 Å². The van der Waals surface area contributed by atoms with Crippen LogP contribution in [-0.2, 0) is 11.0 Å². The van der Waals surface area contributed by atoms with Gasteiger partial charge in [-0.25, -0.2) is 8.60 Å². The Balaban J connectivity index is 2.98. The first kappa shape index (κ1) is 13.5. The normalized spacial score (nSPS) is 14.3. The summed E-state index contributed by atoms with van der Waals surface area (Å²) in [4.78, 5) is 0. The van der Waals surface area contributed by atoms with Gasteiger partial charge in [0.15, 0.2) is 0 Å². The molecule has 5 heteroatoms. The Kier molecular flexibility index (Phi) is 4.38. The van der Waals surface area contributed by atoms with E-state index in [1.807, 2.05) is 20.8 Å². The van der Waals surface area contributed by atoms with Gasteiger partial charge in [0.2, 0.25) is 0 Å². The van der Waals surface area contributed by atoms with Crippen LogP contribution in [0.15, 0.2) is 27.1 Å². The van der Waals surface area contributed by atoms with Gasteiger partial charge in [-0.05, 0) is 32.9 Å². The highest BCUT2D eigenvalue weighted by molar-refractivity contribution is 9.10. The van der Waals surface area contributed by atoms with Gasteiger partial charge in [-0.3, -0.25) is 0 Å². The van der Waals surface area contributed by atoms with E-state index in [0.717, 1.165) is 0 Å². The minimum Gasteiger partial charge on any atom is -0.234 e. The lowest BCUT2D eigenvalue weighted by Gasteiger charge is -2.12. The quantitative estimate of drug-likeness (QED) is 0.769. The molecule has 0 aliphatic rings. The van der Waals surface area contributed by atoms with Crippen molar-refractivity contribution in [3.63, 3.8) is 0 Å². The predicted octanol–water partition coefficient (Wildman–Crippen LogP) is 3.47. The molecule has 0 aliphatic carbocycles. The highest BCUT2D eigenvalue weighted by Gasteiger charge is 2.18. The number of benzene rings is 1. The third-order valence-electron chi connectivity index (χ3n) is 1.80. The van der Waals surface area contributed by atoms with Crippen molar-refractivity contribution in [1.29, 1.82) is 0 Å². The molecule has 0 radical (unpaired) electrons. The van der Waals surface area contributed by atoms with Gasteiger partial charge in [0.1, 0.15) is 16.8 Å². The van der Waals surface area contributed by atoms with Crippen LogP contribution in [0.2, 0.25) is 0 Å². The first-order valence-corrected chi connectivity index (χ1v) is 6.62. The average Bonchev–Trinajstić information content (AvgIpc) is 2.15. The summed E-state index contributed by atoms with van der Waals surface area (Å²) in [6.45, 7) is 5.45. The Hall–Kier alpha value is -0.550. The zero-order valence-corrected chi connectivity index (χ0v) is 11.7. The van der Waals surface area contributed by atoms with Crippen molar-refractivity contribution in [2.45, 2.75) is 25.5 Å². The highest BCUT2D eigenvalue weighted by atomic mass is 79.9. The van der Waals surface area contributed by atoms with E-state index in [2.05, 4.69) is 20.3 Å². The maximum atomic E-state index is 13.4. The highest BCUT2D eigenvalue weighted by Crippen LogP contribution is 2.18. The van der Waals surface area contributed by atoms with Gasteiger partial charge in [0.25, 0.3) is 0 Å². The monoisotopic (exact) mass is 305 g/mol. The molecule has 88 valence electrons. The fraction of sp³-hybridized carbons (Fsp3) is 0.364. The predicted molar refractivity (Wildman–Crippen MR) is 69.6 cm³/mol. The summed E-state index contributed by atoms with van der Waals surface area (Å²) in [7, 11) is -1.37. The summed E-state index contributed by atoms with van der Waals surface area (Å²) in [5.41, 5.74) is 0.320. The number of hydrogen-bond donors (Lipinski definition) is 0. The SMILES string of the molecule is CC(C)(C)[S@](=O)/N=C/c1c(F)cccc1Br. The molecule has 0 aromatic heterocycles. The Morgan fingerprint density at radius 2 is 2.06 bits per heavy atom. The van der Waals surface area contributed by atoms with Crippen molar-refractivity contribution in [3.05, 3.63) is 34.1 Å². The third-order valence-corrected chi connectivity index (χ3v) is 3.84. The molecule has 1 rings (SSSR count).